The van der Waals surface area contributed by atoms with Gasteiger partial charge in [-0.15, -0.1) is 4.99 Å². The summed E-state index contributed by atoms with van der Waals surface area (Å²) in [4.78, 5) is 41.2. The van der Waals surface area contributed by atoms with Crippen LogP contribution in [0.5, 0.6) is 0 Å². The molecule has 0 aromatic carbocycles. The van der Waals surface area contributed by atoms with Crippen LogP contribution >= 0.6 is 0 Å². The van der Waals surface area contributed by atoms with E-state index >= 15 is 0 Å². The molecule has 8 heteroatoms. The number of carbonyl (C=O) groups excluding carboxylic acids is 3. The smallest absolute Gasteiger partial charge is 0.437 e. The van der Waals surface area contributed by atoms with Crippen molar-refractivity contribution in [3.8, 4) is 0 Å². The Bertz CT molecular complexity index is 659. The third kappa shape index (κ3) is 10.9. The second kappa shape index (κ2) is 11.7. The molecular weight excluding hydrogens is 362 g/mol. The summed E-state index contributed by atoms with van der Waals surface area (Å²) in [6, 6.07) is 0. The van der Waals surface area contributed by atoms with E-state index in [1.54, 1.807) is 27.7 Å². The molecule has 0 saturated carbocycles. The van der Waals surface area contributed by atoms with E-state index in [0.717, 1.165) is 32.1 Å². The van der Waals surface area contributed by atoms with Crippen molar-refractivity contribution in [1.82, 2.24) is 10.2 Å². The van der Waals surface area contributed by atoms with E-state index in [9.17, 15) is 14.4 Å². The molecule has 1 saturated heterocycles. The normalized spacial score (nSPS) is 25.1. The minimum Gasteiger partial charge on any atom is -0.461 e. The standard InChI is InChI=1S/C20H35N3O5/c1-15-12-10-8-6-7-9-11-13-16(24)21-18(23(5)14-17(25)27-15)22-19(26)28-20(2,3)4/h15H,6-14H2,1-5H3,(H,21,22,24,26)/i5D3. The quantitative estimate of drug-likeness (QED) is 0.626. The van der Waals surface area contributed by atoms with E-state index in [1.807, 2.05) is 0 Å². The number of aliphatic imine (C=N–C) groups is 1. The van der Waals surface area contributed by atoms with Gasteiger partial charge >= 0.3 is 12.1 Å². The number of nitrogens with one attached hydrogen (secondary N) is 1. The molecule has 2 amide bonds. The van der Waals surface area contributed by atoms with Crippen LogP contribution in [0.15, 0.2) is 4.99 Å². The molecule has 0 aromatic heterocycles. The van der Waals surface area contributed by atoms with Crippen molar-refractivity contribution in [1.29, 1.82) is 0 Å². The van der Waals surface area contributed by atoms with Crippen LogP contribution in [0, 0.1) is 0 Å². The Balaban J connectivity index is 3.19. The summed E-state index contributed by atoms with van der Waals surface area (Å²) in [5, 5.41) is 2.37. The summed E-state index contributed by atoms with van der Waals surface area (Å²) in [6.07, 6.45) is 4.75. The van der Waals surface area contributed by atoms with E-state index in [-0.39, 0.29) is 12.5 Å². The average Bonchev–Trinajstić information content (AvgIpc) is 2.58. The summed E-state index contributed by atoms with van der Waals surface area (Å²) in [5.74, 6) is -1.84. The van der Waals surface area contributed by atoms with E-state index in [0.29, 0.717) is 17.7 Å². The fourth-order valence-corrected chi connectivity index (χ4v) is 2.66. The molecule has 0 radical (unpaired) electrons. The first-order valence-corrected chi connectivity index (χ1v) is 9.86. The molecule has 1 aliphatic heterocycles. The Morgan fingerprint density at radius 1 is 1.21 bits per heavy atom. The third-order valence-corrected chi connectivity index (χ3v) is 3.98. The van der Waals surface area contributed by atoms with Crippen molar-refractivity contribution in [2.75, 3.05) is 13.5 Å². The average molecular weight is 401 g/mol. The zero-order valence-electron chi connectivity index (χ0n) is 20.4. The summed E-state index contributed by atoms with van der Waals surface area (Å²) >= 11 is 0. The predicted octanol–water partition coefficient (Wildman–Crippen LogP) is 3.39. The highest BCUT2D eigenvalue weighted by molar-refractivity contribution is 6.01. The van der Waals surface area contributed by atoms with Gasteiger partial charge in [-0.3, -0.25) is 14.9 Å². The Labute approximate surface area is 172 Å². The van der Waals surface area contributed by atoms with Gasteiger partial charge in [0.2, 0.25) is 11.9 Å². The van der Waals surface area contributed by atoms with Gasteiger partial charge in [0.15, 0.2) is 0 Å². The minimum atomic E-state index is -2.86. The first-order valence-electron chi connectivity index (χ1n) is 11.4. The van der Waals surface area contributed by atoms with Crippen molar-refractivity contribution in [3.05, 3.63) is 0 Å². The number of rotatable bonds is 0. The summed E-state index contributed by atoms with van der Waals surface area (Å²) in [6.45, 7) is 3.07. The van der Waals surface area contributed by atoms with Crippen molar-refractivity contribution in [2.24, 2.45) is 4.99 Å². The molecule has 0 aromatic rings. The lowest BCUT2D eigenvalue weighted by Crippen LogP contribution is -2.45. The highest BCUT2D eigenvalue weighted by Crippen LogP contribution is 2.12. The second-order valence-electron chi connectivity index (χ2n) is 8.01. The van der Waals surface area contributed by atoms with Crippen LogP contribution in [0.3, 0.4) is 0 Å². The number of ether oxygens (including phenoxy) is 2. The van der Waals surface area contributed by atoms with Crippen molar-refractivity contribution in [3.63, 3.8) is 0 Å². The number of guanidine groups is 1. The summed E-state index contributed by atoms with van der Waals surface area (Å²) < 4.78 is 33.8. The zero-order chi connectivity index (χ0) is 23.7. The number of hydrogen-bond acceptors (Lipinski definition) is 5. The Morgan fingerprint density at radius 3 is 2.50 bits per heavy atom. The Kier molecular flexibility index (Phi) is 8.00. The molecule has 1 atom stereocenters. The number of amides is 2. The van der Waals surface area contributed by atoms with Crippen LogP contribution in [-0.2, 0) is 19.1 Å². The lowest BCUT2D eigenvalue weighted by molar-refractivity contribution is -0.148. The van der Waals surface area contributed by atoms with Gasteiger partial charge in [0.1, 0.15) is 12.1 Å². The van der Waals surface area contributed by atoms with Crippen molar-refractivity contribution < 1.29 is 28.0 Å². The van der Waals surface area contributed by atoms with Crippen LogP contribution in [0.1, 0.15) is 83.2 Å². The third-order valence-electron chi connectivity index (χ3n) is 3.98. The Morgan fingerprint density at radius 2 is 1.86 bits per heavy atom. The fraction of sp³-hybridized carbons (Fsp3) is 0.800. The van der Waals surface area contributed by atoms with E-state index in [2.05, 4.69) is 10.3 Å². The van der Waals surface area contributed by atoms with Gasteiger partial charge in [0.05, 0.1) is 6.10 Å². The van der Waals surface area contributed by atoms with Crippen LogP contribution in [0.2, 0.25) is 0 Å². The zero-order valence-corrected chi connectivity index (χ0v) is 17.4. The van der Waals surface area contributed by atoms with E-state index < -0.39 is 43.1 Å². The van der Waals surface area contributed by atoms with Gasteiger partial charge in [-0.1, -0.05) is 25.7 Å². The van der Waals surface area contributed by atoms with Crippen LogP contribution in [0.4, 0.5) is 4.79 Å². The highest BCUT2D eigenvalue weighted by Gasteiger charge is 2.21. The SMILES string of the molecule is [2H]C([2H])([2H])N1CC(=O)OC(C)CCCCCCCCC(=O)N/C1=N/C(=O)OC(C)(C)C. The molecule has 1 fully saturated rings. The van der Waals surface area contributed by atoms with Gasteiger partial charge in [-0.2, -0.15) is 0 Å². The van der Waals surface area contributed by atoms with Gasteiger partial charge in [-0.25, -0.2) is 4.79 Å². The van der Waals surface area contributed by atoms with Gasteiger partial charge in [-0.05, 0) is 47.0 Å². The second-order valence-corrected chi connectivity index (χ2v) is 8.01. The molecule has 1 aliphatic rings. The first-order chi connectivity index (χ1) is 14.3. The summed E-state index contributed by atoms with van der Waals surface area (Å²) in [7, 11) is 0. The number of cyclic esters (lactones) is 1. The van der Waals surface area contributed by atoms with Gasteiger partial charge < -0.3 is 14.4 Å². The van der Waals surface area contributed by atoms with E-state index in [1.165, 1.54) is 0 Å². The fourth-order valence-electron chi connectivity index (χ4n) is 2.66. The predicted molar refractivity (Wildman–Crippen MR) is 107 cm³/mol. The molecule has 8 nitrogen and oxygen atoms in total. The van der Waals surface area contributed by atoms with E-state index in [4.69, 9.17) is 13.6 Å². The maximum absolute atomic E-state index is 12.4. The highest BCUT2D eigenvalue weighted by atomic mass is 16.6. The molecule has 28 heavy (non-hydrogen) atoms. The molecular formula is C20H35N3O5. The first kappa shape index (κ1) is 19.2. The minimum absolute atomic E-state index is 0.143. The molecule has 1 unspecified atom stereocenters. The van der Waals surface area contributed by atoms with Crippen molar-refractivity contribution in [2.45, 2.75) is 90.8 Å². The molecule has 1 N–H and O–H groups in total. The number of likely N-dealkylation sites (N-methyl/N-ethyl adjacent to an activating group) is 1. The molecule has 0 spiro atoms. The number of esters is 1. The van der Waals surface area contributed by atoms with Crippen molar-refractivity contribution >= 4 is 23.9 Å². The summed E-state index contributed by atoms with van der Waals surface area (Å²) in [5.41, 5.74) is -0.872. The van der Waals surface area contributed by atoms with Gasteiger partial charge in [0, 0.05) is 17.5 Å². The van der Waals surface area contributed by atoms with Crippen LogP contribution in [0.25, 0.3) is 0 Å². The monoisotopic (exact) mass is 400 g/mol. The number of nitrogens with zero attached hydrogens (tertiary/aromatic N) is 2. The Hall–Kier alpha value is -2.12. The molecule has 1 rings (SSSR count). The molecule has 160 valence electrons. The molecule has 1 heterocycles. The number of hydrogen-bond donors (Lipinski definition) is 1. The lowest BCUT2D eigenvalue weighted by atomic mass is 10.1. The van der Waals surface area contributed by atoms with Crippen LogP contribution in [-0.4, -0.2) is 54.1 Å². The molecule has 0 aliphatic carbocycles. The van der Waals surface area contributed by atoms with Gasteiger partial charge in [0.25, 0.3) is 0 Å². The topological polar surface area (TPSA) is 97.3 Å². The maximum atomic E-state index is 12.4. The largest absolute Gasteiger partial charge is 0.461 e. The number of carbonyl (C=O) groups is 3. The lowest BCUT2D eigenvalue weighted by Gasteiger charge is -2.23. The maximum Gasteiger partial charge on any atom is 0.437 e. The molecule has 0 bridgehead atoms. The van der Waals surface area contributed by atoms with Crippen LogP contribution < -0.4 is 5.32 Å².